The zero-order valence-electron chi connectivity index (χ0n) is 24.1. The minimum atomic E-state index is -2.76. The summed E-state index contributed by atoms with van der Waals surface area (Å²) in [6.07, 6.45) is 3.80. The maximum Gasteiger partial charge on any atom is 0.283 e. The molecule has 1 fully saturated rings. The van der Waals surface area contributed by atoms with Crippen LogP contribution < -0.4 is 10.9 Å². The van der Waals surface area contributed by atoms with Crippen molar-refractivity contribution in [2.75, 3.05) is 5.32 Å². The van der Waals surface area contributed by atoms with Crippen LogP contribution in [0, 0.1) is 18.8 Å². The number of carbonyl (C=O) groups is 1. The van der Waals surface area contributed by atoms with E-state index in [0.29, 0.717) is 29.8 Å². The van der Waals surface area contributed by atoms with E-state index in [0.717, 1.165) is 34.5 Å². The van der Waals surface area contributed by atoms with Gasteiger partial charge in [0.2, 0.25) is 5.91 Å². The van der Waals surface area contributed by atoms with Crippen molar-refractivity contribution in [3.05, 3.63) is 107 Å². The van der Waals surface area contributed by atoms with Crippen molar-refractivity contribution >= 4 is 11.6 Å². The monoisotopic (exact) mass is 593 g/mol. The highest BCUT2D eigenvalue weighted by atomic mass is 19.3. The van der Waals surface area contributed by atoms with E-state index in [1.165, 1.54) is 16.9 Å². The van der Waals surface area contributed by atoms with E-state index in [1.54, 1.807) is 23.2 Å². The Hall–Kier alpha value is -5.06. The van der Waals surface area contributed by atoms with Gasteiger partial charge in [0.1, 0.15) is 5.69 Å². The Morgan fingerprint density at radius 2 is 1.84 bits per heavy atom. The Bertz CT molecular complexity index is 1970. The molecule has 1 N–H and O–H groups in total. The lowest BCUT2D eigenvalue weighted by Gasteiger charge is -2.23. The molecule has 4 heterocycles. The number of amides is 1. The molecule has 7 rings (SSSR count). The van der Waals surface area contributed by atoms with Crippen molar-refractivity contribution in [1.29, 1.82) is 0 Å². The first-order valence-electron chi connectivity index (χ1n) is 14.5. The molecular weight excluding hydrogens is 564 g/mol. The number of nitrogens with zero attached hydrogens (tertiary/aromatic N) is 6. The number of benzene rings is 2. The number of alkyl halides is 2. The highest BCUT2D eigenvalue weighted by Crippen LogP contribution is 2.57. The first-order chi connectivity index (χ1) is 21.2. The Morgan fingerprint density at radius 3 is 2.64 bits per heavy atom. The van der Waals surface area contributed by atoms with Gasteiger partial charge in [0, 0.05) is 35.0 Å². The third kappa shape index (κ3) is 4.68. The molecule has 0 spiro atoms. The molecule has 3 aromatic heterocycles. The lowest BCUT2D eigenvalue weighted by atomic mass is 9.95. The molecule has 2 unspecified atom stereocenters. The van der Waals surface area contributed by atoms with Gasteiger partial charge in [-0.1, -0.05) is 42.0 Å². The van der Waals surface area contributed by atoms with Crippen molar-refractivity contribution in [1.82, 2.24) is 29.5 Å². The van der Waals surface area contributed by atoms with E-state index in [1.807, 2.05) is 62.4 Å². The van der Waals surface area contributed by atoms with Crippen LogP contribution in [0.4, 0.5) is 14.5 Å². The van der Waals surface area contributed by atoms with Crippen molar-refractivity contribution in [3.8, 4) is 28.1 Å². The Balaban J connectivity index is 1.33. The zero-order valence-corrected chi connectivity index (χ0v) is 24.1. The highest BCUT2D eigenvalue weighted by Gasteiger charge is 2.58. The summed E-state index contributed by atoms with van der Waals surface area (Å²) in [5.74, 6) is -0.173. The van der Waals surface area contributed by atoms with Gasteiger partial charge in [0.15, 0.2) is 0 Å². The predicted octanol–water partition coefficient (Wildman–Crippen LogP) is 5.93. The number of nitrogens with one attached hydrogen (secondary N) is 1. The van der Waals surface area contributed by atoms with Crippen LogP contribution in [0.15, 0.2) is 84.2 Å². The minimum Gasteiger partial charge on any atom is -0.325 e. The molecule has 1 aliphatic carbocycles. The topological polar surface area (TPSA) is 108 Å². The number of aromatic nitrogens is 6. The van der Waals surface area contributed by atoms with Gasteiger partial charge < -0.3 is 5.32 Å². The third-order valence-corrected chi connectivity index (χ3v) is 8.82. The number of hydrogen-bond donors (Lipinski definition) is 1. The Morgan fingerprint density at radius 1 is 1.00 bits per heavy atom. The van der Waals surface area contributed by atoms with Crippen molar-refractivity contribution in [2.24, 2.45) is 11.8 Å². The summed E-state index contributed by atoms with van der Waals surface area (Å²) in [6.45, 7) is 3.82. The first kappa shape index (κ1) is 27.8. The standard InChI is InChI=1S/C33H29F2N7O2/c1-19-7-10-28(42-17-27(31(34)35)39-40-42)24(13-19)26-15-30(43)41(18-37-26)33-16-22(33)9-8-20(2)32(44)38-25-6-4-3-5-23(25)21-11-12-36-29(33)14-21/h3-7,10-15,17-18,20,22,31H,8-9,16H2,1-2H3,(H,38,44)/t20-,22?,33?/m1/s1. The van der Waals surface area contributed by atoms with Crippen molar-refractivity contribution in [3.63, 3.8) is 0 Å². The van der Waals surface area contributed by atoms with E-state index >= 15 is 0 Å². The number of anilines is 1. The summed E-state index contributed by atoms with van der Waals surface area (Å²) in [5.41, 5.74) is 4.20. The van der Waals surface area contributed by atoms with E-state index in [2.05, 4.69) is 15.6 Å². The van der Waals surface area contributed by atoms with Crippen LogP contribution in [0.3, 0.4) is 0 Å². The van der Waals surface area contributed by atoms with Crippen molar-refractivity contribution in [2.45, 2.75) is 45.1 Å². The minimum absolute atomic E-state index is 0.0382. The van der Waals surface area contributed by atoms with Gasteiger partial charge in [-0.05, 0) is 68.0 Å². The number of rotatable bonds is 4. The maximum atomic E-state index is 14.0. The lowest BCUT2D eigenvalue weighted by molar-refractivity contribution is -0.119. The summed E-state index contributed by atoms with van der Waals surface area (Å²) in [7, 11) is 0. The van der Waals surface area contributed by atoms with Crippen LogP contribution in [0.1, 0.15) is 49.6 Å². The molecular formula is C33H29F2N7O2. The van der Waals surface area contributed by atoms with Crippen LogP contribution in [-0.2, 0) is 10.3 Å². The first-order valence-corrected chi connectivity index (χ1v) is 14.5. The van der Waals surface area contributed by atoms with Crippen LogP contribution in [0.2, 0.25) is 0 Å². The highest BCUT2D eigenvalue weighted by molar-refractivity contribution is 5.96. The summed E-state index contributed by atoms with van der Waals surface area (Å²) in [6, 6.07) is 18.5. The summed E-state index contributed by atoms with van der Waals surface area (Å²) in [5, 5.41) is 10.6. The summed E-state index contributed by atoms with van der Waals surface area (Å²) >= 11 is 0. The number of aryl methyl sites for hydroxylation is 1. The fourth-order valence-corrected chi connectivity index (χ4v) is 6.30. The lowest BCUT2D eigenvalue weighted by Crippen LogP contribution is -2.34. The molecule has 3 atom stereocenters. The molecule has 2 bridgehead atoms. The largest absolute Gasteiger partial charge is 0.325 e. The fourth-order valence-electron chi connectivity index (χ4n) is 6.30. The second kappa shape index (κ2) is 10.6. The number of carbonyl (C=O) groups excluding carboxylic acids is 1. The van der Waals surface area contributed by atoms with Crippen LogP contribution in [0.25, 0.3) is 28.1 Å². The SMILES string of the molecule is Cc1ccc(-n2cc(C(F)F)nn2)c(-c2cc(=O)n(C34CC3CC[C@@H](C)C(=O)Nc3ccccc3-c3ccnc4c3)cn2)c1. The molecule has 0 saturated heterocycles. The third-order valence-electron chi connectivity index (χ3n) is 8.82. The van der Waals surface area contributed by atoms with Crippen LogP contribution in [-0.4, -0.2) is 35.4 Å². The average molecular weight is 594 g/mol. The molecule has 44 heavy (non-hydrogen) atoms. The van der Waals surface area contributed by atoms with Gasteiger partial charge >= 0.3 is 0 Å². The van der Waals surface area contributed by atoms with Gasteiger partial charge in [-0.2, -0.15) is 0 Å². The smallest absolute Gasteiger partial charge is 0.283 e. The van der Waals surface area contributed by atoms with Gasteiger partial charge in [0.25, 0.3) is 12.0 Å². The molecule has 1 saturated carbocycles. The number of halogens is 2. The molecule has 1 amide bonds. The van der Waals surface area contributed by atoms with Gasteiger partial charge in [0.05, 0.1) is 35.1 Å². The second-order valence-corrected chi connectivity index (χ2v) is 11.7. The van der Waals surface area contributed by atoms with Crippen molar-refractivity contribution < 1.29 is 13.6 Å². The maximum absolute atomic E-state index is 14.0. The number of fused-ring (bicyclic) bond motifs is 6. The molecule has 11 heteroatoms. The molecule has 9 nitrogen and oxygen atoms in total. The van der Waals surface area contributed by atoms with E-state index in [4.69, 9.17) is 9.97 Å². The zero-order chi connectivity index (χ0) is 30.6. The Kier molecular flexibility index (Phi) is 6.68. The van der Waals surface area contributed by atoms with E-state index < -0.39 is 17.7 Å². The van der Waals surface area contributed by atoms with Gasteiger partial charge in [-0.15, -0.1) is 5.10 Å². The molecule has 2 aromatic carbocycles. The molecule has 0 radical (unpaired) electrons. The van der Waals surface area contributed by atoms with Gasteiger partial charge in [-0.3, -0.25) is 19.1 Å². The summed E-state index contributed by atoms with van der Waals surface area (Å²) < 4.78 is 29.4. The summed E-state index contributed by atoms with van der Waals surface area (Å²) in [4.78, 5) is 36.5. The van der Waals surface area contributed by atoms with Crippen LogP contribution >= 0.6 is 0 Å². The van der Waals surface area contributed by atoms with Crippen LogP contribution in [0.5, 0.6) is 0 Å². The van der Waals surface area contributed by atoms with E-state index in [-0.39, 0.29) is 23.3 Å². The number of hydrogen-bond acceptors (Lipinski definition) is 6. The Labute approximate surface area is 251 Å². The molecule has 2 aliphatic rings. The number of pyridine rings is 1. The number of para-hydroxylation sites is 1. The van der Waals surface area contributed by atoms with Gasteiger partial charge in [-0.25, -0.2) is 18.4 Å². The molecule has 5 aromatic rings. The predicted molar refractivity (Wildman–Crippen MR) is 160 cm³/mol. The molecule has 1 aliphatic heterocycles. The normalized spacial score (nSPS) is 21.1. The van der Waals surface area contributed by atoms with E-state index in [9.17, 15) is 18.4 Å². The average Bonchev–Trinajstić information content (AvgIpc) is 3.53. The molecule has 222 valence electrons. The second-order valence-electron chi connectivity index (χ2n) is 11.7. The quantitative estimate of drug-likeness (QED) is 0.277. The fraction of sp³-hybridized carbons (Fsp3) is 0.273.